The number of aromatic nitrogens is 3. The summed E-state index contributed by atoms with van der Waals surface area (Å²) in [6.45, 7) is 3.56. The van der Waals surface area contributed by atoms with E-state index in [9.17, 15) is 9.59 Å². The highest BCUT2D eigenvalue weighted by molar-refractivity contribution is 5.94. The average molecular weight is 313 g/mol. The molecule has 0 fully saturated rings. The summed E-state index contributed by atoms with van der Waals surface area (Å²) in [5.41, 5.74) is 1.84. The van der Waals surface area contributed by atoms with Crippen LogP contribution < -0.4 is 5.32 Å². The molecule has 1 aromatic carbocycles. The Morgan fingerprint density at radius 1 is 1.30 bits per heavy atom. The van der Waals surface area contributed by atoms with Crippen molar-refractivity contribution < 1.29 is 9.59 Å². The fourth-order valence-corrected chi connectivity index (χ4v) is 2.60. The summed E-state index contributed by atoms with van der Waals surface area (Å²) in [6, 6.07) is 7.60. The van der Waals surface area contributed by atoms with Crippen LogP contribution in [0.15, 0.2) is 24.3 Å². The van der Waals surface area contributed by atoms with Gasteiger partial charge in [0.15, 0.2) is 5.82 Å². The SMILES string of the molecule is CCc1ccc(C(=O)N(C)Cc2nnc3n2CCNC3=O)cc1. The number of nitrogens with one attached hydrogen (secondary N) is 1. The van der Waals surface area contributed by atoms with E-state index in [1.165, 1.54) is 5.56 Å². The number of carbonyl (C=O) groups excluding carboxylic acids is 2. The number of benzene rings is 1. The van der Waals surface area contributed by atoms with Gasteiger partial charge in [-0.25, -0.2) is 0 Å². The maximum Gasteiger partial charge on any atom is 0.289 e. The van der Waals surface area contributed by atoms with Crippen LogP contribution in [0.25, 0.3) is 0 Å². The second kappa shape index (κ2) is 6.20. The highest BCUT2D eigenvalue weighted by Crippen LogP contribution is 2.12. The van der Waals surface area contributed by atoms with E-state index in [0.29, 0.717) is 36.8 Å². The predicted molar refractivity (Wildman–Crippen MR) is 84.0 cm³/mol. The lowest BCUT2D eigenvalue weighted by Gasteiger charge is -2.19. The Labute approximate surface area is 134 Å². The lowest BCUT2D eigenvalue weighted by atomic mass is 10.1. The van der Waals surface area contributed by atoms with Crippen LogP contribution in [0.2, 0.25) is 0 Å². The number of aryl methyl sites for hydroxylation is 1. The van der Waals surface area contributed by atoms with Gasteiger partial charge >= 0.3 is 0 Å². The molecule has 2 aromatic rings. The summed E-state index contributed by atoms with van der Waals surface area (Å²) in [7, 11) is 1.72. The van der Waals surface area contributed by atoms with E-state index in [1.54, 1.807) is 16.5 Å². The van der Waals surface area contributed by atoms with E-state index in [4.69, 9.17) is 0 Å². The van der Waals surface area contributed by atoms with Gasteiger partial charge in [-0.3, -0.25) is 9.59 Å². The van der Waals surface area contributed by atoms with Crippen molar-refractivity contribution in [1.82, 2.24) is 25.0 Å². The van der Waals surface area contributed by atoms with Crippen LogP contribution in [0, 0.1) is 0 Å². The number of fused-ring (bicyclic) bond motifs is 1. The zero-order chi connectivity index (χ0) is 16.4. The standard InChI is InChI=1S/C16H19N5O2/c1-3-11-4-6-12(7-5-11)16(23)20(2)10-13-18-19-14-15(22)17-8-9-21(13)14/h4-7H,3,8-10H2,1-2H3,(H,17,22). The number of amides is 2. The molecule has 0 unspecified atom stereocenters. The minimum absolute atomic E-state index is 0.0785. The minimum atomic E-state index is -0.223. The van der Waals surface area contributed by atoms with E-state index >= 15 is 0 Å². The average Bonchev–Trinajstić information content (AvgIpc) is 2.98. The van der Waals surface area contributed by atoms with Gasteiger partial charge in [-0.1, -0.05) is 19.1 Å². The summed E-state index contributed by atoms with van der Waals surface area (Å²) in [4.78, 5) is 25.8. The maximum absolute atomic E-state index is 12.5. The first-order valence-electron chi connectivity index (χ1n) is 7.65. The Hall–Kier alpha value is -2.70. The fourth-order valence-electron chi connectivity index (χ4n) is 2.60. The topological polar surface area (TPSA) is 80.1 Å². The second-order valence-corrected chi connectivity index (χ2v) is 5.56. The van der Waals surface area contributed by atoms with Crippen LogP contribution >= 0.6 is 0 Å². The molecule has 23 heavy (non-hydrogen) atoms. The largest absolute Gasteiger partial charge is 0.348 e. The lowest BCUT2D eigenvalue weighted by Crippen LogP contribution is -2.37. The van der Waals surface area contributed by atoms with Crippen molar-refractivity contribution in [3.05, 3.63) is 47.0 Å². The summed E-state index contributed by atoms with van der Waals surface area (Å²) < 4.78 is 1.77. The van der Waals surface area contributed by atoms with Gasteiger partial charge in [0.25, 0.3) is 11.8 Å². The van der Waals surface area contributed by atoms with E-state index < -0.39 is 0 Å². The Morgan fingerprint density at radius 2 is 2.04 bits per heavy atom. The molecular formula is C16H19N5O2. The monoisotopic (exact) mass is 313 g/mol. The molecule has 0 atom stereocenters. The molecule has 2 amide bonds. The molecule has 0 saturated heterocycles. The van der Waals surface area contributed by atoms with Crippen LogP contribution in [0.4, 0.5) is 0 Å². The maximum atomic E-state index is 12.5. The lowest BCUT2D eigenvalue weighted by molar-refractivity contribution is 0.0779. The molecule has 1 aromatic heterocycles. The first-order chi connectivity index (χ1) is 11.1. The molecule has 1 aliphatic rings. The van der Waals surface area contributed by atoms with Crippen LogP contribution in [-0.2, 0) is 19.5 Å². The molecule has 0 radical (unpaired) electrons. The van der Waals surface area contributed by atoms with Gasteiger partial charge in [-0.05, 0) is 24.1 Å². The van der Waals surface area contributed by atoms with Gasteiger partial charge in [0.05, 0.1) is 6.54 Å². The van der Waals surface area contributed by atoms with Crippen molar-refractivity contribution in [3.8, 4) is 0 Å². The molecule has 2 heterocycles. The van der Waals surface area contributed by atoms with Crippen molar-refractivity contribution in [1.29, 1.82) is 0 Å². The molecule has 3 rings (SSSR count). The molecule has 7 heteroatoms. The zero-order valence-electron chi connectivity index (χ0n) is 13.2. The molecule has 0 bridgehead atoms. The van der Waals surface area contributed by atoms with Crippen molar-refractivity contribution >= 4 is 11.8 Å². The quantitative estimate of drug-likeness (QED) is 0.908. The van der Waals surface area contributed by atoms with Gasteiger partial charge in [0.2, 0.25) is 5.82 Å². The summed E-state index contributed by atoms with van der Waals surface area (Å²) in [5, 5.41) is 10.7. The summed E-state index contributed by atoms with van der Waals surface area (Å²) in [5.74, 6) is 0.625. The molecule has 0 aliphatic carbocycles. The highest BCUT2D eigenvalue weighted by Gasteiger charge is 2.24. The molecule has 7 nitrogen and oxygen atoms in total. The molecule has 1 aliphatic heterocycles. The first kappa shape index (κ1) is 15.2. The summed E-state index contributed by atoms with van der Waals surface area (Å²) in [6.07, 6.45) is 0.943. The predicted octanol–water partition coefficient (Wildman–Crippen LogP) is 0.856. The van der Waals surface area contributed by atoms with Crippen LogP contribution in [0.3, 0.4) is 0 Å². The Balaban J connectivity index is 1.75. The van der Waals surface area contributed by atoms with E-state index in [2.05, 4.69) is 22.4 Å². The van der Waals surface area contributed by atoms with Crippen molar-refractivity contribution in [2.45, 2.75) is 26.4 Å². The fraction of sp³-hybridized carbons (Fsp3) is 0.375. The van der Waals surface area contributed by atoms with Gasteiger partial charge in [-0.2, -0.15) is 0 Å². The van der Waals surface area contributed by atoms with Crippen LogP contribution in [-0.4, -0.2) is 45.1 Å². The molecule has 120 valence electrons. The third kappa shape index (κ3) is 2.94. The Morgan fingerprint density at radius 3 is 2.74 bits per heavy atom. The molecular weight excluding hydrogens is 294 g/mol. The minimum Gasteiger partial charge on any atom is -0.348 e. The summed E-state index contributed by atoms with van der Waals surface area (Å²) >= 11 is 0. The van der Waals surface area contributed by atoms with E-state index in [1.807, 2.05) is 24.3 Å². The Bertz CT molecular complexity index is 735. The van der Waals surface area contributed by atoms with Crippen molar-refractivity contribution in [3.63, 3.8) is 0 Å². The van der Waals surface area contributed by atoms with Gasteiger partial charge in [0, 0.05) is 25.7 Å². The van der Waals surface area contributed by atoms with Crippen molar-refractivity contribution in [2.24, 2.45) is 0 Å². The number of hydrogen-bond acceptors (Lipinski definition) is 4. The smallest absolute Gasteiger partial charge is 0.289 e. The van der Waals surface area contributed by atoms with Crippen molar-refractivity contribution in [2.75, 3.05) is 13.6 Å². The normalized spacial score (nSPS) is 13.4. The zero-order valence-corrected chi connectivity index (χ0v) is 13.2. The number of carbonyl (C=O) groups is 2. The molecule has 0 spiro atoms. The Kier molecular flexibility index (Phi) is 4.10. The number of hydrogen-bond donors (Lipinski definition) is 1. The third-order valence-electron chi connectivity index (χ3n) is 3.99. The van der Waals surface area contributed by atoms with Crippen LogP contribution in [0.5, 0.6) is 0 Å². The molecule has 1 N–H and O–H groups in total. The number of rotatable bonds is 4. The second-order valence-electron chi connectivity index (χ2n) is 5.56. The van der Waals surface area contributed by atoms with E-state index in [0.717, 1.165) is 6.42 Å². The molecule has 0 saturated carbocycles. The highest BCUT2D eigenvalue weighted by atomic mass is 16.2. The van der Waals surface area contributed by atoms with Gasteiger partial charge in [-0.15, -0.1) is 10.2 Å². The van der Waals surface area contributed by atoms with Gasteiger partial charge < -0.3 is 14.8 Å². The first-order valence-corrected chi connectivity index (χ1v) is 7.65. The van der Waals surface area contributed by atoms with E-state index in [-0.39, 0.29) is 11.8 Å². The van der Waals surface area contributed by atoms with Gasteiger partial charge in [0.1, 0.15) is 0 Å². The van der Waals surface area contributed by atoms with Crippen LogP contribution in [0.1, 0.15) is 39.3 Å². The number of nitrogens with zero attached hydrogens (tertiary/aromatic N) is 4. The third-order valence-corrected chi connectivity index (χ3v) is 3.99.